The van der Waals surface area contributed by atoms with Gasteiger partial charge in [-0.05, 0) is 24.3 Å². The van der Waals surface area contributed by atoms with Gasteiger partial charge in [0.2, 0.25) is 0 Å². The molecule has 0 aliphatic carbocycles. The van der Waals surface area contributed by atoms with Crippen LogP contribution in [0.1, 0.15) is 0 Å². The van der Waals surface area contributed by atoms with Crippen molar-refractivity contribution >= 4 is 21.8 Å². The lowest BCUT2D eigenvalue weighted by molar-refractivity contribution is 1.08. The van der Waals surface area contributed by atoms with E-state index >= 15 is 0 Å². The Morgan fingerprint density at radius 3 is 2.65 bits per heavy atom. The normalized spacial score (nSPS) is 11.0. The average molecular weight is 258 g/mol. The molecule has 94 valence electrons. The van der Waals surface area contributed by atoms with Crippen molar-refractivity contribution < 1.29 is 0 Å². The van der Waals surface area contributed by atoms with Gasteiger partial charge in [0.1, 0.15) is 0 Å². The third kappa shape index (κ3) is 1.78. The molecule has 0 atom stereocenters. The van der Waals surface area contributed by atoms with Crippen molar-refractivity contribution in [1.82, 2.24) is 20.2 Å². The van der Waals surface area contributed by atoms with Crippen LogP contribution in [-0.4, -0.2) is 20.2 Å². The van der Waals surface area contributed by atoms with Crippen LogP contribution < -0.4 is 0 Å². The standard InChI is InChI=1S/C16H10N4/c1-2-4-14-11(3-1)8-15(20-19-14)13-7-12-5-6-17-10-16(12)18-9-13/h1-10H. The summed E-state index contributed by atoms with van der Waals surface area (Å²) in [6, 6.07) is 14.0. The number of fused-ring (bicyclic) bond motifs is 2. The molecule has 0 bridgehead atoms. The summed E-state index contributed by atoms with van der Waals surface area (Å²) in [5, 5.41) is 10.7. The molecule has 1 aromatic carbocycles. The quantitative estimate of drug-likeness (QED) is 0.526. The molecule has 4 aromatic rings. The SMILES string of the molecule is c1ccc2nnc(-c3cnc4cnccc4c3)cc2c1. The molecule has 0 aliphatic heterocycles. The number of hydrogen-bond acceptors (Lipinski definition) is 4. The van der Waals surface area contributed by atoms with Crippen molar-refractivity contribution in [3.63, 3.8) is 0 Å². The zero-order valence-electron chi connectivity index (χ0n) is 10.6. The van der Waals surface area contributed by atoms with Gasteiger partial charge in [0.25, 0.3) is 0 Å². The van der Waals surface area contributed by atoms with Crippen LogP contribution in [0.15, 0.2) is 61.1 Å². The summed E-state index contributed by atoms with van der Waals surface area (Å²) in [6.07, 6.45) is 5.33. The third-order valence-electron chi connectivity index (χ3n) is 3.28. The summed E-state index contributed by atoms with van der Waals surface area (Å²) < 4.78 is 0. The van der Waals surface area contributed by atoms with E-state index in [1.807, 2.05) is 42.6 Å². The van der Waals surface area contributed by atoms with Crippen LogP contribution in [-0.2, 0) is 0 Å². The van der Waals surface area contributed by atoms with E-state index < -0.39 is 0 Å². The molecule has 0 amide bonds. The predicted molar refractivity (Wildman–Crippen MR) is 78.1 cm³/mol. The van der Waals surface area contributed by atoms with Crippen LogP contribution in [0.2, 0.25) is 0 Å². The fourth-order valence-electron chi connectivity index (χ4n) is 2.24. The first-order valence-corrected chi connectivity index (χ1v) is 6.33. The Bertz CT molecular complexity index is 841. The van der Waals surface area contributed by atoms with Gasteiger partial charge in [-0.15, -0.1) is 10.2 Å². The van der Waals surface area contributed by atoms with Gasteiger partial charge in [-0.2, -0.15) is 0 Å². The minimum atomic E-state index is 0.829. The highest BCUT2D eigenvalue weighted by Crippen LogP contribution is 2.22. The predicted octanol–water partition coefficient (Wildman–Crippen LogP) is 3.24. The number of pyridine rings is 2. The van der Waals surface area contributed by atoms with Crippen molar-refractivity contribution in [2.45, 2.75) is 0 Å². The highest BCUT2D eigenvalue weighted by Gasteiger charge is 2.04. The molecule has 3 heterocycles. The number of nitrogens with zero attached hydrogens (tertiary/aromatic N) is 4. The second-order valence-electron chi connectivity index (χ2n) is 4.58. The second kappa shape index (κ2) is 4.35. The van der Waals surface area contributed by atoms with E-state index in [1.165, 1.54) is 0 Å². The molecule has 0 aliphatic rings. The molecular weight excluding hydrogens is 248 g/mol. The minimum Gasteiger partial charge on any atom is -0.262 e. The Morgan fingerprint density at radius 1 is 0.750 bits per heavy atom. The second-order valence-corrected chi connectivity index (χ2v) is 4.58. The molecule has 3 aromatic heterocycles. The number of benzene rings is 1. The van der Waals surface area contributed by atoms with Crippen LogP contribution in [0.4, 0.5) is 0 Å². The van der Waals surface area contributed by atoms with E-state index in [-0.39, 0.29) is 0 Å². The Kier molecular flexibility index (Phi) is 2.39. The summed E-state index contributed by atoms with van der Waals surface area (Å²) >= 11 is 0. The zero-order valence-corrected chi connectivity index (χ0v) is 10.6. The zero-order chi connectivity index (χ0) is 13.4. The molecular formula is C16H10N4. The smallest absolute Gasteiger partial charge is 0.0951 e. The first-order chi connectivity index (χ1) is 9.90. The van der Waals surface area contributed by atoms with E-state index in [4.69, 9.17) is 0 Å². The Labute approximate surface area is 115 Å². The van der Waals surface area contributed by atoms with Gasteiger partial charge < -0.3 is 0 Å². The van der Waals surface area contributed by atoms with Crippen molar-refractivity contribution in [2.75, 3.05) is 0 Å². The van der Waals surface area contributed by atoms with E-state index in [9.17, 15) is 0 Å². The molecule has 0 radical (unpaired) electrons. The van der Waals surface area contributed by atoms with Gasteiger partial charge >= 0.3 is 0 Å². The third-order valence-corrected chi connectivity index (χ3v) is 3.28. The summed E-state index contributed by atoms with van der Waals surface area (Å²) in [6.45, 7) is 0. The molecule has 20 heavy (non-hydrogen) atoms. The topological polar surface area (TPSA) is 51.6 Å². The van der Waals surface area contributed by atoms with Crippen LogP contribution in [0, 0.1) is 0 Å². The number of hydrogen-bond donors (Lipinski definition) is 0. The first-order valence-electron chi connectivity index (χ1n) is 6.33. The van der Waals surface area contributed by atoms with E-state index in [0.29, 0.717) is 0 Å². The lowest BCUT2D eigenvalue weighted by Crippen LogP contribution is -1.90. The van der Waals surface area contributed by atoms with Crippen LogP contribution >= 0.6 is 0 Å². The van der Waals surface area contributed by atoms with Crippen LogP contribution in [0.3, 0.4) is 0 Å². The van der Waals surface area contributed by atoms with Gasteiger partial charge in [0.05, 0.1) is 22.9 Å². The average Bonchev–Trinajstić information content (AvgIpc) is 2.54. The monoisotopic (exact) mass is 258 g/mol. The fraction of sp³-hybridized carbons (Fsp3) is 0. The van der Waals surface area contributed by atoms with Gasteiger partial charge in [0, 0.05) is 28.7 Å². The van der Waals surface area contributed by atoms with Gasteiger partial charge in [-0.25, -0.2) is 0 Å². The maximum Gasteiger partial charge on any atom is 0.0951 e. The number of aromatic nitrogens is 4. The lowest BCUT2D eigenvalue weighted by atomic mass is 10.1. The first kappa shape index (κ1) is 11.0. The van der Waals surface area contributed by atoms with Crippen molar-refractivity contribution in [1.29, 1.82) is 0 Å². The van der Waals surface area contributed by atoms with E-state index in [2.05, 4.69) is 26.2 Å². The van der Waals surface area contributed by atoms with Gasteiger partial charge in [0.15, 0.2) is 0 Å². The van der Waals surface area contributed by atoms with Crippen LogP contribution in [0.25, 0.3) is 33.1 Å². The maximum atomic E-state index is 4.41. The van der Waals surface area contributed by atoms with Crippen molar-refractivity contribution in [3.05, 3.63) is 61.1 Å². The van der Waals surface area contributed by atoms with Crippen LogP contribution in [0.5, 0.6) is 0 Å². The highest BCUT2D eigenvalue weighted by molar-refractivity contribution is 5.85. The molecule has 0 spiro atoms. The summed E-state index contributed by atoms with van der Waals surface area (Å²) in [4.78, 5) is 8.47. The molecule has 4 heteroatoms. The molecule has 0 N–H and O–H groups in total. The Morgan fingerprint density at radius 2 is 1.65 bits per heavy atom. The molecule has 0 saturated heterocycles. The maximum absolute atomic E-state index is 4.41. The van der Waals surface area contributed by atoms with E-state index in [1.54, 1.807) is 12.4 Å². The summed E-state index contributed by atoms with van der Waals surface area (Å²) in [5.41, 5.74) is 3.57. The van der Waals surface area contributed by atoms with Gasteiger partial charge in [-0.3, -0.25) is 9.97 Å². The summed E-state index contributed by atoms with van der Waals surface area (Å²) in [5.74, 6) is 0. The fourth-order valence-corrected chi connectivity index (χ4v) is 2.24. The number of rotatable bonds is 1. The van der Waals surface area contributed by atoms with Crippen molar-refractivity contribution in [2.24, 2.45) is 0 Å². The molecule has 0 unspecified atom stereocenters. The lowest BCUT2D eigenvalue weighted by Gasteiger charge is -2.03. The largest absolute Gasteiger partial charge is 0.262 e. The van der Waals surface area contributed by atoms with Gasteiger partial charge in [-0.1, -0.05) is 18.2 Å². The van der Waals surface area contributed by atoms with E-state index in [0.717, 1.165) is 33.1 Å². The Balaban J connectivity index is 1.91. The minimum absolute atomic E-state index is 0.829. The molecule has 4 nitrogen and oxygen atoms in total. The molecule has 0 saturated carbocycles. The molecule has 4 rings (SSSR count). The summed E-state index contributed by atoms with van der Waals surface area (Å²) in [7, 11) is 0. The molecule has 0 fully saturated rings. The van der Waals surface area contributed by atoms with Crippen molar-refractivity contribution in [3.8, 4) is 11.3 Å². The Hall–Kier alpha value is -2.88. The highest BCUT2D eigenvalue weighted by atomic mass is 15.1.